The Hall–Kier alpha value is -1.06. The zero-order chi connectivity index (χ0) is 11.5. The number of thiazole rings is 1. The van der Waals surface area contributed by atoms with Crippen molar-refractivity contribution in [2.24, 2.45) is 0 Å². The van der Waals surface area contributed by atoms with Crippen LogP contribution < -0.4 is 4.90 Å². The molecule has 0 saturated carbocycles. The summed E-state index contributed by atoms with van der Waals surface area (Å²) in [6, 6.07) is 8.44. The van der Waals surface area contributed by atoms with Crippen molar-refractivity contribution in [1.82, 2.24) is 4.98 Å². The highest BCUT2D eigenvalue weighted by molar-refractivity contribution is 7.15. The summed E-state index contributed by atoms with van der Waals surface area (Å²) in [6.45, 7) is 2.94. The lowest BCUT2D eigenvalue weighted by molar-refractivity contribution is 0.936. The van der Waals surface area contributed by atoms with E-state index in [1.807, 2.05) is 6.20 Å². The second kappa shape index (κ2) is 4.85. The minimum atomic E-state index is 0.604. The quantitative estimate of drug-likeness (QED) is 0.827. The van der Waals surface area contributed by atoms with Crippen LogP contribution in [0.2, 0.25) is 4.47 Å². The predicted octanol–water partition coefficient (Wildman–Crippen LogP) is 3.74. The molecule has 2 aromatic rings. The molecule has 16 heavy (non-hydrogen) atoms. The smallest absolute Gasteiger partial charge is 0.183 e. The number of halogens is 1. The van der Waals surface area contributed by atoms with E-state index in [9.17, 15) is 0 Å². The van der Waals surface area contributed by atoms with Crippen LogP contribution in [0, 0.1) is 6.92 Å². The van der Waals surface area contributed by atoms with Gasteiger partial charge in [0.15, 0.2) is 4.47 Å². The number of rotatable bonds is 3. The number of anilines is 1. The van der Waals surface area contributed by atoms with Gasteiger partial charge in [-0.15, -0.1) is 11.3 Å². The lowest BCUT2D eigenvalue weighted by Gasteiger charge is -2.18. The van der Waals surface area contributed by atoms with Crippen molar-refractivity contribution in [3.63, 3.8) is 0 Å². The number of benzene rings is 1. The molecule has 0 atom stereocenters. The maximum Gasteiger partial charge on any atom is 0.183 e. The van der Waals surface area contributed by atoms with E-state index in [2.05, 4.69) is 48.1 Å². The molecule has 84 valence electrons. The highest BCUT2D eigenvalue weighted by Crippen LogP contribution is 2.22. The van der Waals surface area contributed by atoms with Gasteiger partial charge in [-0.2, -0.15) is 0 Å². The second-order valence-corrected chi connectivity index (χ2v) is 5.47. The number of nitrogens with zero attached hydrogens (tertiary/aromatic N) is 2. The summed E-state index contributed by atoms with van der Waals surface area (Å²) in [6.07, 6.45) is 1.83. The standard InChI is InChI=1S/C12H13ClN2S/c1-9-4-3-5-10(6-9)15(2)8-11-7-14-12(13)16-11/h3-7H,8H2,1-2H3. The fourth-order valence-electron chi connectivity index (χ4n) is 1.55. The maximum absolute atomic E-state index is 5.80. The van der Waals surface area contributed by atoms with Gasteiger partial charge >= 0.3 is 0 Å². The molecule has 1 aromatic heterocycles. The van der Waals surface area contributed by atoms with Crippen LogP contribution in [-0.2, 0) is 6.54 Å². The minimum absolute atomic E-state index is 0.604. The van der Waals surface area contributed by atoms with Gasteiger partial charge in [0.05, 0.1) is 6.54 Å². The maximum atomic E-state index is 5.80. The highest BCUT2D eigenvalue weighted by Gasteiger charge is 2.05. The third kappa shape index (κ3) is 2.74. The Bertz CT molecular complexity index is 481. The monoisotopic (exact) mass is 252 g/mol. The fourth-order valence-corrected chi connectivity index (χ4v) is 2.58. The first-order valence-electron chi connectivity index (χ1n) is 5.03. The average Bonchev–Trinajstić information content (AvgIpc) is 2.64. The first-order valence-corrected chi connectivity index (χ1v) is 6.22. The average molecular weight is 253 g/mol. The lowest BCUT2D eigenvalue weighted by Crippen LogP contribution is -2.15. The number of hydrogen-bond acceptors (Lipinski definition) is 3. The van der Waals surface area contributed by atoms with Gasteiger partial charge in [-0.05, 0) is 24.6 Å². The van der Waals surface area contributed by atoms with Crippen molar-refractivity contribution in [3.05, 3.63) is 45.4 Å². The van der Waals surface area contributed by atoms with Crippen molar-refractivity contribution in [1.29, 1.82) is 0 Å². The van der Waals surface area contributed by atoms with Gasteiger partial charge in [0.1, 0.15) is 0 Å². The van der Waals surface area contributed by atoms with Crippen LogP contribution in [0.3, 0.4) is 0 Å². The Morgan fingerprint density at radius 1 is 1.44 bits per heavy atom. The van der Waals surface area contributed by atoms with Crippen LogP contribution in [0.4, 0.5) is 5.69 Å². The first kappa shape index (κ1) is 11.4. The Labute approximate surface area is 105 Å². The predicted molar refractivity (Wildman–Crippen MR) is 70.4 cm³/mol. The van der Waals surface area contributed by atoms with Crippen LogP contribution >= 0.6 is 22.9 Å². The normalized spacial score (nSPS) is 10.4. The van der Waals surface area contributed by atoms with Gasteiger partial charge in [0, 0.05) is 23.8 Å². The van der Waals surface area contributed by atoms with E-state index in [0.29, 0.717) is 4.47 Å². The molecular formula is C12H13ClN2S. The zero-order valence-corrected chi connectivity index (χ0v) is 10.8. The molecule has 0 aliphatic heterocycles. The van der Waals surface area contributed by atoms with Crippen molar-refractivity contribution >= 4 is 28.6 Å². The van der Waals surface area contributed by atoms with E-state index in [-0.39, 0.29) is 0 Å². The number of aryl methyl sites for hydroxylation is 1. The summed E-state index contributed by atoms with van der Waals surface area (Å²) >= 11 is 7.33. The van der Waals surface area contributed by atoms with E-state index in [1.165, 1.54) is 27.5 Å². The van der Waals surface area contributed by atoms with Gasteiger partial charge in [0.2, 0.25) is 0 Å². The van der Waals surface area contributed by atoms with E-state index in [0.717, 1.165) is 6.54 Å². The Kier molecular flexibility index (Phi) is 3.46. The first-order chi connectivity index (χ1) is 7.65. The topological polar surface area (TPSA) is 16.1 Å². The summed E-state index contributed by atoms with van der Waals surface area (Å²) in [4.78, 5) is 7.40. The third-order valence-corrected chi connectivity index (χ3v) is 3.46. The number of aromatic nitrogens is 1. The van der Waals surface area contributed by atoms with Crippen LogP contribution in [0.5, 0.6) is 0 Å². The molecule has 1 aromatic carbocycles. The molecule has 0 fully saturated rings. The van der Waals surface area contributed by atoms with Crippen molar-refractivity contribution in [3.8, 4) is 0 Å². The second-order valence-electron chi connectivity index (χ2n) is 3.77. The Balaban J connectivity index is 2.11. The third-order valence-electron chi connectivity index (χ3n) is 2.36. The molecule has 0 spiro atoms. The zero-order valence-electron chi connectivity index (χ0n) is 9.27. The van der Waals surface area contributed by atoms with Crippen molar-refractivity contribution in [2.75, 3.05) is 11.9 Å². The number of hydrogen-bond donors (Lipinski definition) is 0. The molecule has 0 unspecified atom stereocenters. The molecule has 0 amide bonds. The molecule has 2 nitrogen and oxygen atoms in total. The molecule has 4 heteroatoms. The highest BCUT2D eigenvalue weighted by atomic mass is 35.5. The van der Waals surface area contributed by atoms with Crippen LogP contribution in [0.1, 0.15) is 10.4 Å². The molecule has 0 aliphatic rings. The van der Waals surface area contributed by atoms with Crippen molar-refractivity contribution < 1.29 is 0 Å². The summed E-state index contributed by atoms with van der Waals surface area (Å²) in [5.74, 6) is 0. The van der Waals surface area contributed by atoms with E-state index in [1.54, 1.807) is 0 Å². The van der Waals surface area contributed by atoms with Crippen LogP contribution in [0.25, 0.3) is 0 Å². The minimum Gasteiger partial charge on any atom is -0.369 e. The van der Waals surface area contributed by atoms with E-state index in [4.69, 9.17) is 11.6 Å². The molecular weight excluding hydrogens is 240 g/mol. The lowest BCUT2D eigenvalue weighted by atomic mass is 10.2. The molecule has 1 heterocycles. The Morgan fingerprint density at radius 3 is 2.88 bits per heavy atom. The van der Waals surface area contributed by atoms with Gasteiger partial charge < -0.3 is 4.90 Å². The molecule has 0 aliphatic carbocycles. The van der Waals surface area contributed by atoms with Gasteiger partial charge in [-0.1, -0.05) is 23.7 Å². The largest absolute Gasteiger partial charge is 0.369 e. The van der Waals surface area contributed by atoms with Gasteiger partial charge in [0.25, 0.3) is 0 Å². The molecule has 2 rings (SSSR count). The van der Waals surface area contributed by atoms with Gasteiger partial charge in [-0.25, -0.2) is 4.98 Å². The summed E-state index contributed by atoms with van der Waals surface area (Å²) in [5.41, 5.74) is 2.48. The fraction of sp³-hybridized carbons (Fsp3) is 0.250. The van der Waals surface area contributed by atoms with E-state index < -0.39 is 0 Å². The van der Waals surface area contributed by atoms with Crippen LogP contribution in [0.15, 0.2) is 30.5 Å². The van der Waals surface area contributed by atoms with Gasteiger partial charge in [-0.3, -0.25) is 0 Å². The van der Waals surface area contributed by atoms with Crippen molar-refractivity contribution in [2.45, 2.75) is 13.5 Å². The summed E-state index contributed by atoms with van der Waals surface area (Å²) < 4.78 is 0.604. The molecule has 0 N–H and O–H groups in total. The summed E-state index contributed by atoms with van der Waals surface area (Å²) in [5, 5.41) is 0. The molecule has 0 saturated heterocycles. The molecule has 0 bridgehead atoms. The van der Waals surface area contributed by atoms with E-state index >= 15 is 0 Å². The summed E-state index contributed by atoms with van der Waals surface area (Å²) in [7, 11) is 2.07. The van der Waals surface area contributed by atoms with Crippen LogP contribution in [-0.4, -0.2) is 12.0 Å². The molecule has 0 radical (unpaired) electrons. The Morgan fingerprint density at radius 2 is 2.25 bits per heavy atom. The SMILES string of the molecule is Cc1cccc(N(C)Cc2cnc(Cl)s2)c1.